The molecule has 1 aliphatic carbocycles. The molecule has 10 heteroatoms. The van der Waals surface area contributed by atoms with Crippen molar-refractivity contribution in [3.8, 4) is 17.0 Å². The molecule has 7 rings (SSSR count). The van der Waals surface area contributed by atoms with E-state index in [1.807, 2.05) is 39.8 Å². The SMILES string of the molecule is COC(=O)Cn1c(-c2ccc(OCc3cc(N4CCCC4=O)ccc3N3CCN(C)CC3)cc2)c(C2CCCCC2)c2ccc(C(=O)OC)cc21. The van der Waals surface area contributed by atoms with Gasteiger partial charge in [0.15, 0.2) is 0 Å². The van der Waals surface area contributed by atoms with Gasteiger partial charge in [-0.05, 0) is 98.0 Å². The van der Waals surface area contributed by atoms with Crippen LogP contribution >= 0.6 is 0 Å². The highest BCUT2D eigenvalue weighted by Gasteiger charge is 2.29. The maximum Gasteiger partial charge on any atom is 0.337 e. The summed E-state index contributed by atoms with van der Waals surface area (Å²) in [4.78, 5) is 44.7. The summed E-state index contributed by atoms with van der Waals surface area (Å²) in [5, 5.41) is 1.04. The van der Waals surface area contributed by atoms with Crippen molar-refractivity contribution in [1.82, 2.24) is 9.47 Å². The monoisotopic (exact) mass is 692 g/mol. The van der Waals surface area contributed by atoms with E-state index in [0.717, 1.165) is 110 Å². The minimum absolute atomic E-state index is 0.0167. The van der Waals surface area contributed by atoms with E-state index in [9.17, 15) is 14.4 Å². The second-order valence-corrected chi connectivity index (χ2v) is 14.0. The number of hydrogen-bond acceptors (Lipinski definition) is 8. The molecule has 0 radical (unpaired) electrons. The molecule has 268 valence electrons. The van der Waals surface area contributed by atoms with E-state index in [-0.39, 0.29) is 18.4 Å². The number of ether oxygens (including phenoxy) is 3. The molecule has 4 aromatic rings. The highest BCUT2D eigenvalue weighted by atomic mass is 16.5. The van der Waals surface area contributed by atoms with Gasteiger partial charge in [-0.15, -0.1) is 0 Å². The topological polar surface area (TPSA) is 93.5 Å². The van der Waals surface area contributed by atoms with E-state index >= 15 is 0 Å². The number of carbonyl (C=O) groups excluding carboxylic acids is 3. The Bertz CT molecular complexity index is 1900. The van der Waals surface area contributed by atoms with Crippen molar-refractivity contribution in [2.45, 2.75) is 64.0 Å². The van der Waals surface area contributed by atoms with Gasteiger partial charge in [0.25, 0.3) is 0 Å². The molecular formula is C41H48N4O6. The minimum atomic E-state index is -0.418. The number of aromatic nitrogens is 1. The van der Waals surface area contributed by atoms with E-state index < -0.39 is 5.97 Å². The smallest absolute Gasteiger partial charge is 0.337 e. The first-order valence-electron chi connectivity index (χ1n) is 18.3. The number of likely N-dealkylation sites (N-methyl/N-ethyl adjacent to an activating group) is 1. The molecular weight excluding hydrogens is 644 g/mol. The predicted molar refractivity (Wildman–Crippen MR) is 199 cm³/mol. The largest absolute Gasteiger partial charge is 0.489 e. The molecule has 0 unspecified atom stereocenters. The van der Waals surface area contributed by atoms with Gasteiger partial charge in [-0.1, -0.05) is 25.3 Å². The molecule has 0 atom stereocenters. The second kappa shape index (κ2) is 15.2. The van der Waals surface area contributed by atoms with Gasteiger partial charge < -0.3 is 33.5 Å². The van der Waals surface area contributed by atoms with Crippen molar-refractivity contribution in [1.29, 1.82) is 0 Å². The fourth-order valence-electron chi connectivity index (χ4n) is 8.10. The molecule has 51 heavy (non-hydrogen) atoms. The second-order valence-electron chi connectivity index (χ2n) is 14.0. The first-order chi connectivity index (χ1) is 24.8. The molecule has 10 nitrogen and oxygen atoms in total. The van der Waals surface area contributed by atoms with E-state index in [1.165, 1.54) is 26.2 Å². The number of piperazine rings is 1. The van der Waals surface area contributed by atoms with Crippen LogP contribution in [0.4, 0.5) is 11.4 Å². The van der Waals surface area contributed by atoms with Crippen LogP contribution in [-0.4, -0.2) is 81.3 Å². The van der Waals surface area contributed by atoms with Crippen LogP contribution in [0, 0.1) is 0 Å². The summed E-state index contributed by atoms with van der Waals surface area (Å²) in [6, 6.07) is 20.1. The Hall–Kier alpha value is -4.83. The predicted octanol–water partition coefficient (Wildman–Crippen LogP) is 6.77. The Labute approximate surface area is 299 Å². The van der Waals surface area contributed by atoms with Crippen LogP contribution in [-0.2, 0) is 32.2 Å². The Morgan fingerprint density at radius 2 is 1.59 bits per heavy atom. The lowest BCUT2D eigenvalue weighted by Crippen LogP contribution is -2.44. The number of methoxy groups -OCH3 is 2. The normalized spacial score (nSPS) is 17.3. The molecule has 0 spiro atoms. The summed E-state index contributed by atoms with van der Waals surface area (Å²) >= 11 is 0. The fourth-order valence-corrected chi connectivity index (χ4v) is 8.10. The zero-order valence-electron chi connectivity index (χ0n) is 30.0. The number of anilines is 2. The summed E-state index contributed by atoms with van der Waals surface area (Å²) in [5.74, 6) is 0.453. The average Bonchev–Trinajstić information content (AvgIpc) is 3.74. The lowest BCUT2D eigenvalue weighted by atomic mass is 9.82. The Morgan fingerprint density at radius 3 is 2.27 bits per heavy atom. The molecule has 3 aromatic carbocycles. The third-order valence-corrected chi connectivity index (χ3v) is 10.9. The Balaban J connectivity index is 1.23. The van der Waals surface area contributed by atoms with Gasteiger partial charge in [-0.2, -0.15) is 0 Å². The van der Waals surface area contributed by atoms with E-state index in [0.29, 0.717) is 24.5 Å². The summed E-state index contributed by atoms with van der Waals surface area (Å²) in [7, 11) is 4.93. The van der Waals surface area contributed by atoms with Crippen LogP contribution in [0.1, 0.15) is 72.3 Å². The highest BCUT2D eigenvalue weighted by molar-refractivity contribution is 5.99. The van der Waals surface area contributed by atoms with Crippen molar-refractivity contribution < 1.29 is 28.6 Å². The molecule has 2 saturated heterocycles. The maximum absolute atomic E-state index is 12.8. The summed E-state index contributed by atoms with van der Waals surface area (Å²) in [6.07, 6.45) is 7.15. The van der Waals surface area contributed by atoms with Crippen molar-refractivity contribution in [2.24, 2.45) is 0 Å². The zero-order chi connectivity index (χ0) is 35.5. The lowest BCUT2D eigenvalue weighted by Gasteiger charge is -2.35. The lowest BCUT2D eigenvalue weighted by molar-refractivity contribution is -0.141. The van der Waals surface area contributed by atoms with Gasteiger partial charge in [0.2, 0.25) is 5.91 Å². The van der Waals surface area contributed by atoms with E-state index in [2.05, 4.69) is 47.2 Å². The number of fused-ring (bicyclic) bond motifs is 1. The number of rotatable bonds is 10. The molecule has 0 N–H and O–H groups in total. The maximum atomic E-state index is 12.8. The number of benzene rings is 3. The van der Waals surface area contributed by atoms with Crippen LogP contribution in [0.15, 0.2) is 60.7 Å². The van der Waals surface area contributed by atoms with Gasteiger partial charge >= 0.3 is 11.9 Å². The van der Waals surface area contributed by atoms with E-state index in [4.69, 9.17) is 14.2 Å². The van der Waals surface area contributed by atoms with Gasteiger partial charge in [-0.3, -0.25) is 9.59 Å². The average molecular weight is 693 g/mol. The number of carbonyl (C=O) groups is 3. The zero-order valence-corrected chi connectivity index (χ0v) is 30.0. The first kappa shape index (κ1) is 34.6. The third kappa shape index (κ3) is 7.19. The third-order valence-electron chi connectivity index (χ3n) is 10.9. The van der Waals surface area contributed by atoms with Crippen LogP contribution in [0.2, 0.25) is 0 Å². The standard InChI is InChI=1S/C41H48N4O6/c1-42-20-22-43(23-21-42)35-18-14-32(44-19-7-10-37(44)46)24-31(35)27-51-33-15-11-29(12-16-33)40-39(28-8-5-4-6-9-28)34-17-13-30(41(48)50-3)25-36(34)45(40)26-38(47)49-2/h11-18,24-25,28H,4-10,19-23,26-27H2,1-3H3. The minimum Gasteiger partial charge on any atom is -0.489 e. The van der Waals surface area contributed by atoms with Gasteiger partial charge in [-0.25, -0.2) is 4.79 Å². The summed E-state index contributed by atoms with van der Waals surface area (Å²) < 4.78 is 18.7. The molecule has 0 bridgehead atoms. The quantitative estimate of drug-likeness (QED) is 0.168. The summed E-state index contributed by atoms with van der Waals surface area (Å²) in [5.41, 5.74) is 7.52. The number of hydrogen-bond donors (Lipinski definition) is 0. The molecule has 1 amide bonds. The Morgan fingerprint density at radius 1 is 0.824 bits per heavy atom. The molecule has 3 aliphatic rings. The molecule has 2 aliphatic heterocycles. The first-order valence-corrected chi connectivity index (χ1v) is 18.3. The van der Waals surface area contributed by atoms with Gasteiger partial charge in [0.1, 0.15) is 18.9 Å². The van der Waals surface area contributed by atoms with E-state index in [1.54, 1.807) is 0 Å². The van der Waals surface area contributed by atoms with Gasteiger partial charge in [0.05, 0.1) is 31.0 Å². The number of nitrogens with zero attached hydrogens (tertiary/aromatic N) is 4. The number of esters is 2. The van der Waals surface area contributed by atoms with Crippen LogP contribution < -0.4 is 14.5 Å². The molecule has 1 aromatic heterocycles. The van der Waals surface area contributed by atoms with Gasteiger partial charge in [0, 0.05) is 61.5 Å². The van der Waals surface area contributed by atoms with Crippen molar-refractivity contribution in [2.75, 3.05) is 63.8 Å². The van der Waals surface area contributed by atoms with Crippen molar-refractivity contribution in [3.63, 3.8) is 0 Å². The van der Waals surface area contributed by atoms with Crippen molar-refractivity contribution in [3.05, 3.63) is 77.4 Å². The number of amides is 1. The van der Waals surface area contributed by atoms with Crippen molar-refractivity contribution >= 4 is 40.1 Å². The molecule has 3 fully saturated rings. The van der Waals surface area contributed by atoms with Crippen LogP contribution in [0.3, 0.4) is 0 Å². The molecule has 1 saturated carbocycles. The molecule has 3 heterocycles. The highest BCUT2D eigenvalue weighted by Crippen LogP contribution is 2.45. The Kier molecular flexibility index (Phi) is 10.3. The van der Waals surface area contributed by atoms with Crippen LogP contribution in [0.5, 0.6) is 5.75 Å². The summed E-state index contributed by atoms with van der Waals surface area (Å²) in [6.45, 7) is 4.98. The van der Waals surface area contributed by atoms with Crippen LogP contribution in [0.25, 0.3) is 22.2 Å². The fraction of sp³-hybridized carbons (Fsp3) is 0.439.